The molecule has 1 aliphatic carbocycles. The van der Waals surface area contributed by atoms with Gasteiger partial charge in [-0.05, 0) is 57.2 Å². The third-order valence-electron chi connectivity index (χ3n) is 6.06. The van der Waals surface area contributed by atoms with Gasteiger partial charge in [0.05, 0.1) is 13.2 Å². The van der Waals surface area contributed by atoms with Gasteiger partial charge in [0.1, 0.15) is 18.2 Å². The lowest BCUT2D eigenvalue weighted by molar-refractivity contribution is -0.141. The summed E-state index contributed by atoms with van der Waals surface area (Å²) in [5, 5.41) is 9.66. The standard InChI is InChI=1S/C24H29F2N3O2S/c1-16-9-10-23(18-7-5-4-6-8-18)32-29(16)13-19-11-22(26)20(12-21(19)25)17(2)28(15-27)14-24(30)31-3/h5,7-8,11-12,16-17,23H,4,6,9-10,13-14H2,1-3H3/t16-,17?,23?/m0/s1. The van der Waals surface area contributed by atoms with Gasteiger partial charge in [0.25, 0.3) is 0 Å². The van der Waals surface area contributed by atoms with Crippen molar-refractivity contribution in [1.29, 1.82) is 5.26 Å². The molecule has 0 amide bonds. The fourth-order valence-corrected chi connectivity index (χ4v) is 5.38. The van der Waals surface area contributed by atoms with Crippen molar-refractivity contribution in [3.8, 4) is 6.19 Å². The molecule has 0 aromatic heterocycles. The van der Waals surface area contributed by atoms with Gasteiger partial charge in [0.2, 0.25) is 0 Å². The Bertz CT molecular complexity index is 944. The minimum Gasteiger partial charge on any atom is -0.468 e. The Hall–Kier alpha value is -2.37. The molecule has 0 N–H and O–H groups in total. The van der Waals surface area contributed by atoms with E-state index in [0.717, 1.165) is 36.6 Å². The number of hydrogen-bond donors (Lipinski definition) is 0. The first-order valence-corrected chi connectivity index (χ1v) is 11.7. The predicted molar refractivity (Wildman–Crippen MR) is 121 cm³/mol. The van der Waals surface area contributed by atoms with Gasteiger partial charge in [-0.3, -0.25) is 9.69 Å². The quantitative estimate of drug-likeness (QED) is 0.239. The van der Waals surface area contributed by atoms with E-state index in [4.69, 9.17) is 0 Å². The first-order valence-electron chi connectivity index (χ1n) is 10.8. The molecule has 1 aliphatic heterocycles. The van der Waals surface area contributed by atoms with Crippen LogP contribution in [0.3, 0.4) is 0 Å². The molecule has 1 aromatic rings. The topological polar surface area (TPSA) is 56.6 Å². The smallest absolute Gasteiger partial charge is 0.326 e. The minimum atomic E-state index is -0.805. The molecule has 1 saturated heterocycles. The molecule has 172 valence electrons. The van der Waals surface area contributed by atoms with Gasteiger partial charge < -0.3 is 4.74 Å². The number of rotatable bonds is 7. The maximum Gasteiger partial charge on any atom is 0.326 e. The van der Waals surface area contributed by atoms with E-state index in [2.05, 4.69) is 34.2 Å². The monoisotopic (exact) mass is 461 g/mol. The van der Waals surface area contributed by atoms with Gasteiger partial charge in [-0.25, -0.2) is 13.1 Å². The highest BCUT2D eigenvalue weighted by Crippen LogP contribution is 2.38. The van der Waals surface area contributed by atoms with Gasteiger partial charge in [-0.2, -0.15) is 5.26 Å². The SMILES string of the molecule is COC(=O)CN(C#N)C(C)c1cc(F)c(CN2SC(C3=CCCC=C3)CC[C@@H]2C)cc1F. The summed E-state index contributed by atoms with van der Waals surface area (Å²) in [6, 6.07) is 1.80. The fraction of sp³-hybridized carbons (Fsp3) is 0.500. The molecule has 1 aromatic carbocycles. The van der Waals surface area contributed by atoms with Gasteiger partial charge in [-0.15, -0.1) is 0 Å². The number of benzene rings is 1. The summed E-state index contributed by atoms with van der Waals surface area (Å²) in [4.78, 5) is 12.6. The van der Waals surface area contributed by atoms with Gasteiger partial charge in [0, 0.05) is 29.0 Å². The summed E-state index contributed by atoms with van der Waals surface area (Å²) >= 11 is 1.71. The molecule has 5 nitrogen and oxygen atoms in total. The zero-order valence-electron chi connectivity index (χ0n) is 18.7. The Morgan fingerprint density at radius 2 is 2.12 bits per heavy atom. The molecule has 0 saturated carbocycles. The van der Waals surface area contributed by atoms with Crippen LogP contribution in [0.1, 0.15) is 56.7 Å². The molecule has 3 rings (SSSR count). The van der Waals surface area contributed by atoms with E-state index in [0.29, 0.717) is 11.8 Å². The van der Waals surface area contributed by atoms with Crippen LogP contribution in [0, 0.1) is 23.1 Å². The summed E-state index contributed by atoms with van der Waals surface area (Å²) in [6.45, 7) is 3.63. The van der Waals surface area contributed by atoms with E-state index >= 15 is 4.39 Å². The van der Waals surface area contributed by atoms with Crippen molar-refractivity contribution in [3.05, 3.63) is 58.7 Å². The molecular formula is C24H29F2N3O2S. The van der Waals surface area contributed by atoms with E-state index in [1.807, 2.05) is 6.19 Å². The van der Waals surface area contributed by atoms with Crippen LogP contribution in [0.25, 0.3) is 0 Å². The largest absolute Gasteiger partial charge is 0.468 e. The van der Waals surface area contributed by atoms with Crippen molar-refractivity contribution in [2.24, 2.45) is 0 Å². The highest BCUT2D eigenvalue weighted by atomic mass is 32.2. The van der Waals surface area contributed by atoms with Crippen LogP contribution in [-0.4, -0.2) is 40.1 Å². The summed E-state index contributed by atoms with van der Waals surface area (Å²) in [6.07, 6.45) is 12.7. The zero-order chi connectivity index (χ0) is 23.3. The van der Waals surface area contributed by atoms with Crippen molar-refractivity contribution < 1.29 is 18.3 Å². The molecule has 2 unspecified atom stereocenters. The second-order valence-corrected chi connectivity index (χ2v) is 9.47. The Labute approximate surface area is 192 Å². The van der Waals surface area contributed by atoms with E-state index in [9.17, 15) is 14.4 Å². The van der Waals surface area contributed by atoms with Crippen LogP contribution >= 0.6 is 11.9 Å². The Morgan fingerprint density at radius 1 is 1.34 bits per heavy atom. The number of carbonyl (C=O) groups excluding carboxylic acids is 1. The van der Waals surface area contributed by atoms with Crippen molar-refractivity contribution in [3.63, 3.8) is 0 Å². The molecule has 0 bridgehead atoms. The normalized spacial score (nSPS) is 22.1. The number of ether oxygens (including phenoxy) is 1. The summed E-state index contributed by atoms with van der Waals surface area (Å²) in [7, 11) is 1.21. The Morgan fingerprint density at radius 3 is 2.78 bits per heavy atom. The Balaban J connectivity index is 1.75. The average Bonchev–Trinajstić information content (AvgIpc) is 2.80. The van der Waals surface area contributed by atoms with Gasteiger partial charge in [-0.1, -0.05) is 30.2 Å². The second kappa shape index (κ2) is 11.0. The van der Waals surface area contributed by atoms with Crippen LogP contribution in [0.5, 0.6) is 0 Å². The maximum atomic E-state index is 15.0. The van der Waals surface area contributed by atoms with Crippen LogP contribution in [-0.2, 0) is 16.1 Å². The number of carbonyl (C=O) groups is 1. The number of esters is 1. The number of nitrogens with zero attached hydrogens (tertiary/aromatic N) is 3. The highest BCUT2D eigenvalue weighted by molar-refractivity contribution is 7.97. The molecule has 32 heavy (non-hydrogen) atoms. The lowest BCUT2D eigenvalue weighted by Crippen LogP contribution is -2.35. The van der Waals surface area contributed by atoms with E-state index < -0.39 is 23.6 Å². The predicted octanol–water partition coefficient (Wildman–Crippen LogP) is 5.26. The summed E-state index contributed by atoms with van der Waals surface area (Å²) in [5.41, 5.74) is 1.63. The first-order chi connectivity index (χ1) is 15.3. The van der Waals surface area contributed by atoms with E-state index in [-0.39, 0.29) is 23.7 Å². The zero-order valence-corrected chi connectivity index (χ0v) is 19.5. The number of methoxy groups -OCH3 is 1. The van der Waals surface area contributed by atoms with E-state index in [1.54, 1.807) is 18.9 Å². The highest BCUT2D eigenvalue weighted by Gasteiger charge is 2.30. The number of hydrogen-bond acceptors (Lipinski definition) is 6. The average molecular weight is 462 g/mol. The molecule has 8 heteroatoms. The number of allylic oxidation sites excluding steroid dienone is 3. The van der Waals surface area contributed by atoms with Crippen LogP contribution in [0.4, 0.5) is 8.78 Å². The van der Waals surface area contributed by atoms with Crippen LogP contribution in [0.2, 0.25) is 0 Å². The number of halogens is 2. The molecule has 0 radical (unpaired) electrons. The van der Waals surface area contributed by atoms with Crippen LogP contribution < -0.4 is 0 Å². The van der Waals surface area contributed by atoms with Gasteiger partial charge in [0.15, 0.2) is 6.19 Å². The molecule has 3 atom stereocenters. The van der Waals surface area contributed by atoms with Crippen molar-refractivity contribution in [2.45, 2.75) is 63.4 Å². The summed E-state index contributed by atoms with van der Waals surface area (Å²) < 4.78 is 36.7. The maximum absolute atomic E-state index is 15.0. The van der Waals surface area contributed by atoms with Gasteiger partial charge >= 0.3 is 5.97 Å². The third-order valence-corrected chi connectivity index (χ3v) is 7.58. The first kappa shape index (κ1) is 24.3. The third kappa shape index (κ3) is 5.70. The molecule has 1 fully saturated rings. The molecule has 0 spiro atoms. The lowest BCUT2D eigenvalue weighted by Gasteiger charge is -2.38. The lowest BCUT2D eigenvalue weighted by atomic mass is 9.99. The second-order valence-electron chi connectivity index (χ2n) is 8.22. The minimum absolute atomic E-state index is 0.0337. The Kier molecular flexibility index (Phi) is 8.32. The molecule has 2 aliphatic rings. The van der Waals surface area contributed by atoms with Crippen molar-refractivity contribution >= 4 is 17.9 Å². The summed E-state index contributed by atoms with van der Waals surface area (Å²) in [5.74, 6) is -1.73. The molecular weight excluding hydrogens is 432 g/mol. The fourth-order valence-electron chi connectivity index (χ4n) is 3.99. The van der Waals surface area contributed by atoms with E-state index in [1.165, 1.54) is 18.7 Å². The van der Waals surface area contributed by atoms with Crippen molar-refractivity contribution in [1.82, 2.24) is 9.21 Å². The van der Waals surface area contributed by atoms with Crippen molar-refractivity contribution in [2.75, 3.05) is 13.7 Å². The van der Waals surface area contributed by atoms with Crippen LogP contribution in [0.15, 0.2) is 35.9 Å². The number of nitriles is 1. The molecule has 1 heterocycles.